The van der Waals surface area contributed by atoms with Crippen molar-refractivity contribution in [2.24, 2.45) is 0 Å². The van der Waals surface area contributed by atoms with Crippen LogP contribution in [0.15, 0.2) is 29.2 Å². The van der Waals surface area contributed by atoms with Crippen LogP contribution >= 0.6 is 11.8 Å². The zero-order valence-corrected chi connectivity index (χ0v) is 9.58. The first-order valence-corrected chi connectivity index (χ1v) is 5.67. The fourth-order valence-corrected chi connectivity index (χ4v) is 2.09. The molecule has 0 aliphatic carbocycles. The van der Waals surface area contributed by atoms with E-state index in [0.29, 0.717) is 6.04 Å². The lowest BCUT2D eigenvalue weighted by molar-refractivity contribution is -0.387. The molecule has 1 unspecified atom stereocenters. The molecule has 0 bridgehead atoms. The predicted octanol–water partition coefficient (Wildman–Crippen LogP) is 2.29. The number of nitro benzene ring substituents is 1. The molecule has 0 fully saturated rings. The summed E-state index contributed by atoms with van der Waals surface area (Å²) in [5.41, 5.74) is 0.186. The highest BCUT2D eigenvalue weighted by molar-refractivity contribution is 7.99. The van der Waals surface area contributed by atoms with Crippen molar-refractivity contribution in [1.29, 1.82) is 0 Å². The molecule has 0 radical (unpaired) electrons. The van der Waals surface area contributed by atoms with Gasteiger partial charge in [-0.3, -0.25) is 10.1 Å². The second-order valence-electron chi connectivity index (χ2n) is 3.23. The van der Waals surface area contributed by atoms with Gasteiger partial charge < -0.3 is 5.32 Å². The standard InChI is InChI=1S/C10H14N2O2S/c1-8(11-2)7-15-10-6-4-3-5-9(10)12(13)14/h3-6,8,11H,7H2,1-2H3. The Morgan fingerprint density at radius 3 is 2.80 bits per heavy atom. The van der Waals surface area contributed by atoms with Crippen LogP contribution < -0.4 is 5.32 Å². The molecule has 0 aromatic heterocycles. The van der Waals surface area contributed by atoms with Crippen molar-refractivity contribution < 1.29 is 4.92 Å². The third kappa shape index (κ3) is 3.53. The zero-order chi connectivity index (χ0) is 11.3. The number of benzene rings is 1. The van der Waals surface area contributed by atoms with Crippen LogP contribution in [0.25, 0.3) is 0 Å². The molecule has 0 saturated carbocycles. The van der Waals surface area contributed by atoms with Crippen LogP contribution in [-0.4, -0.2) is 23.8 Å². The highest BCUT2D eigenvalue weighted by Gasteiger charge is 2.13. The minimum Gasteiger partial charge on any atom is -0.316 e. The molecular weight excluding hydrogens is 212 g/mol. The molecule has 0 aliphatic heterocycles. The van der Waals surface area contributed by atoms with Gasteiger partial charge in [-0.1, -0.05) is 12.1 Å². The maximum atomic E-state index is 10.7. The molecular formula is C10H14N2O2S. The molecule has 0 spiro atoms. The van der Waals surface area contributed by atoms with Gasteiger partial charge in [-0.2, -0.15) is 0 Å². The van der Waals surface area contributed by atoms with E-state index in [4.69, 9.17) is 0 Å². The fraction of sp³-hybridized carbons (Fsp3) is 0.400. The van der Waals surface area contributed by atoms with Gasteiger partial charge in [0.15, 0.2) is 0 Å². The van der Waals surface area contributed by atoms with Gasteiger partial charge in [-0.05, 0) is 20.0 Å². The smallest absolute Gasteiger partial charge is 0.282 e. The molecule has 1 atom stereocenters. The van der Waals surface area contributed by atoms with E-state index in [9.17, 15) is 10.1 Å². The summed E-state index contributed by atoms with van der Waals surface area (Å²) < 4.78 is 0. The Kier molecular flexibility index (Phi) is 4.58. The highest BCUT2D eigenvalue weighted by atomic mass is 32.2. The van der Waals surface area contributed by atoms with Crippen molar-refractivity contribution in [2.75, 3.05) is 12.8 Å². The summed E-state index contributed by atoms with van der Waals surface area (Å²) in [6, 6.07) is 7.16. The van der Waals surface area contributed by atoms with E-state index >= 15 is 0 Å². The molecule has 5 heteroatoms. The van der Waals surface area contributed by atoms with Gasteiger partial charge in [-0.15, -0.1) is 11.8 Å². The second kappa shape index (κ2) is 5.72. The number of hydrogen-bond donors (Lipinski definition) is 1. The summed E-state index contributed by atoms with van der Waals surface area (Å²) in [5, 5.41) is 13.8. The summed E-state index contributed by atoms with van der Waals surface area (Å²) >= 11 is 1.50. The number of rotatable bonds is 5. The summed E-state index contributed by atoms with van der Waals surface area (Å²) in [7, 11) is 1.88. The van der Waals surface area contributed by atoms with E-state index in [1.165, 1.54) is 17.8 Å². The lowest BCUT2D eigenvalue weighted by atomic mass is 10.3. The Morgan fingerprint density at radius 2 is 2.20 bits per heavy atom. The Morgan fingerprint density at radius 1 is 1.53 bits per heavy atom. The number of nitrogens with one attached hydrogen (secondary N) is 1. The predicted molar refractivity (Wildman–Crippen MR) is 62.3 cm³/mol. The van der Waals surface area contributed by atoms with Crippen molar-refractivity contribution in [3.05, 3.63) is 34.4 Å². The third-order valence-electron chi connectivity index (χ3n) is 2.04. The summed E-state index contributed by atoms with van der Waals surface area (Å²) in [6.07, 6.45) is 0. The minimum absolute atomic E-state index is 0.186. The molecule has 15 heavy (non-hydrogen) atoms. The monoisotopic (exact) mass is 226 g/mol. The first kappa shape index (κ1) is 12.0. The van der Waals surface area contributed by atoms with Gasteiger partial charge in [0.1, 0.15) is 0 Å². The highest BCUT2D eigenvalue weighted by Crippen LogP contribution is 2.28. The van der Waals surface area contributed by atoms with Gasteiger partial charge in [-0.25, -0.2) is 0 Å². The molecule has 1 rings (SSSR count). The summed E-state index contributed by atoms with van der Waals surface area (Å²) in [5.74, 6) is 0.821. The second-order valence-corrected chi connectivity index (χ2v) is 4.29. The number of hydrogen-bond acceptors (Lipinski definition) is 4. The lowest BCUT2D eigenvalue weighted by Gasteiger charge is -2.09. The average molecular weight is 226 g/mol. The summed E-state index contributed by atoms with van der Waals surface area (Å²) in [4.78, 5) is 11.1. The average Bonchev–Trinajstić information content (AvgIpc) is 2.26. The Bertz CT molecular complexity index is 344. The Labute approximate surface area is 93.2 Å². The van der Waals surface area contributed by atoms with E-state index in [1.807, 2.05) is 20.0 Å². The van der Waals surface area contributed by atoms with Crippen LogP contribution in [0.5, 0.6) is 0 Å². The van der Waals surface area contributed by atoms with Gasteiger partial charge in [0, 0.05) is 17.9 Å². The third-order valence-corrected chi connectivity index (χ3v) is 3.37. The van der Waals surface area contributed by atoms with Gasteiger partial charge >= 0.3 is 0 Å². The molecule has 1 aromatic rings. The fourth-order valence-electron chi connectivity index (χ4n) is 1.03. The first-order chi connectivity index (χ1) is 7.15. The molecule has 1 N–H and O–H groups in total. The van der Waals surface area contributed by atoms with Crippen LogP contribution in [0.1, 0.15) is 6.92 Å². The molecule has 0 aliphatic rings. The first-order valence-electron chi connectivity index (χ1n) is 4.68. The SMILES string of the molecule is CNC(C)CSc1ccccc1[N+](=O)[O-]. The molecule has 1 aromatic carbocycles. The Balaban J connectivity index is 2.72. The molecule has 0 heterocycles. The number of thioether (sulfide) groups is 1. The quantitative estimate of drug-likeness (QED) is 0.475. The van der Waals surface area contributed by atoms with Gasteiger partial charge in [0.2, 0.25) is 0 Å². The van der Waals surface area contributed by atoms with Gasteiger partial charge in [0.05, 0.1) is 9.82 Å². The molecule has 82 valence electrons. The van der Waals surface area contributed by atoms with Crippen LogP contribution in [0.3, 0.4) is 0 Å². The van der Waals surface area contributed by atoms with Crippen molar-refractivity contribution in [3.63, 3.8) is 0 Å². The van der Waals surface area contributed by atoms with E-state index in [0.717, 1.165) is 10.6 Å². The van der Waals surface area contributed by atoms with Crippen LogP contribution in [0, 0.1) is 10.1 Å². The maximum absolute atomic E-state index is 10.7. The van der Waals surface area contributed by atoms with Gasteiger partial charge in [0.25, 0.3) is 5.69 Å². The topological polar surface area (TPSA) is 55.2 Å². The van der Waals surface area contributed by atoms with E-state index < -0.39 is 0 Å². The summed E-state index contributed by atoms with van der Waals surface area (Å²) in [6.45, 7) is 2.04. The van der Waals surface area contributed by atoms with E-state index in [1.54, 1.807) is 12.1 Å². The molecule has 0 saturated heterocycles. The van der Waals surface area contributed by atoms with Crippen LogP contribution in [-0.2, 0) is 0 Å². The lowest BCUT2D eigenvalue weighted by Crippen LogP contribution is -2.23. The maximum Gasteiger partial charge on any atom is 0.282 e. The largest absolute Gasteiger partial charge is 0.316 e. The van der Waals surface area contributed by atoms with E-state index in [2.05, 4.69) is 5.32 Å². The van der Waals surface area contributed by atoms with E-state index in [-0.39, 0.29) is 10.6 Å². The molecule has 4 nitrogen and oxygen atoms in total. The van der Waals surface area contributed by atoms with Crippen LogP contribution in [0.4, 0.5) is 5.69 Å². The number of nitrogens with zero attached hydrogens (tertiary/aromatic N) is 1. The van der Waals surface area contributed by atoms with Crippen molar-refractivity contribution in [1.82, 2.24) is 5.32 Å². The number of nitro groups is 1. The van der Waals surface area contributed by atoms with Crippen molar-refractivity contribution >= 4 is 17.4 Å². The normalized spacial score (nSPS) is 12.4. The zero-order valence-electron chi connectivity index (χ0n) is 8.77. The molecule has 0 amide bonds. The van der Waals surface area contributed by atoms with Crippen molar-refractivity contribution in [2.45, 2.75) is 17.9 Å². The number of para-hydroxylation sites is 1. The van der Waals surface area contributed by atoms with Crippen molar-refractivity contribution in [3.8, 4) is 0 Å². The minimum atomic E-state index is -0.341. The Hall–Kier alpha value is -1.07. The van der Waals surface area contributed by atoms with Crippen LogP contribution in [0.2, 0.25) is 0 Å².